The molecule has 0 bridgehead atoms. The quantitative estimate of drug-likeness (QED) is 0.389. The first kappa shape index (κ1) is 16.0. The zero-order chi connectivity index (χ0) is 12.7. The van der Waals surface area contributed by atoms with E-state index in [0.29, 0.717) is 0 Å². The lowest BCUT2D eigenvalue weighted by Crippen LogP contribution is -1.82. The summed E-state index contributed by atoms with van der Waals surface area (Å²) in [6.45, 7) is 0. The van der Waals surface area contributed by atoms with Crippen molar-refractivity contribution in [2.75, 3.05) is 0 Å². The first-order valence-corrected chi connectivity index (χ1v) is 12.7. The lowest BCUT2D eigenvalue weighted by molar-refractivity contribution is 0.381. The van der Waals surface area contributed by atoms with E-state index >= 15 is 0 Å². The second kappa shape index (κ2) is 4.37. The first-order valence-electron chi connectivity index (χ1n) is 2.70. The Hall–Kier alpha value is 1.03. The minimum absolute atomic E-state index is 1.19. The van der Waals surface area contributed by atoms with Gasteiger partial charge in [0.1, 0.15) is 0 Å². The highest BCUT2D eigenvalue weighted by Crippen LogP contribution is 2.96. The monoisotopic (exact) mass is 322 g/mol. The molecule has 92 valence electrons. The van der Waals surface area contributed by atoms with Crippen molar-refractivity contribution in [2.45, 2.75) is 0 Å². The third-order valence-electron chi connectivity index (χ3n) is 0.871. The molecule has 2 unspecified atom stereocenters. The lowest BCUT2D eigenvalue weighted by Gasteiger charge is -2.16. The van der Waals surface area contributed by atoms with Gasteiger partial charge in [-0.2, -0.15) is 0 Å². The van der Waals surface area contributed by atoms with E-state index in [9.17, 15) is 18.3 Å². The van der Waals surface area contributed by atoms with Crippen LogP contribution in [-0.4, -0.2) is 29.4 Å². The Kier molecular flexibility index (Phi) is 4.67. The average Bonchev–Trinajstić information content (AvgIpc) is 1.77. The molecular weight excluding hydrogens is 316 g/mol. The number of hydrogen-bond acceptors (Lipinski definition) is 5. The van der Waals surface area contributed by atoms with Crippen molar-refractivity contribution in [2.24, 2.45) is 0 Å². The van der Waals surface area contributed by atoms with Crippen molar-refractivity contribution in [3.05, 3.63) is 0 Å². The standard InChI is InChI=1S/H6O10P4S/c1-11(2,3)13(7,8)15-14(9,10)12(4,5)6/h(H,7,8)(H,9,10)(H2,1,2,3)(H2,4,5,6). The van der Waals surface area contributed by atoms with Crippen LogP contribution in [0.2, 0.25) is 0 Å². The van der Waals surface area contributed by atoms with Crippen LogP contribution >= 0.6 is 38.1 Å². The van der Waals surface area contributed by atoms with Crippen molar-refractivity contribution < 1.29 is 47.6 Å². The summed E-state index contributed by atoms with van der Waals surface area (Å²) in [5.41, 5.74) is 0. The normalized spacial score (nSPS) is 21.7. The Morgan fingerprint density at radius 2 is 0.800 bits per heavy atom. The van der Waals surface area contributed by atoms with Gasteiger partial charge in [-0.1, -0.05) is 0 Å². The predicted octanol–water partition coefficient (Wildman–Crippen LogP) is 0.276. The largest absolute Gasteiger partial charge is 0.418 e. The van der Waals surface area contributed by atoms with Gasteiger partial charge in [0, 0.05) is 11.0 Å². The lowest BCUT2D eigenvalue weighted by atomic mass is 15.8. The highest BCUT2D eigenvalue weighted by molar-refractivity contribution is 9.04. The van der Waals surface area contributed by atoms with Crippen molar-refractivity contribution in [1.82, 2.24) is 0 Å². The Bertz CT molecular complexity index is 381. The Morgan fingerprint density at radius 3 is 0.933 bits per heavy atom. The summed E-state index contributed by atoms with van der Waals surface area (Å²) in [5, 5.41) is 0. The van der Waals surface area contributed by atoms with Gasteiger partial charge in [0.15, 0.2) is 0 Å². The van der Waals surface area contributed by atoms with Crippen molar-refractivity contribution in [1.29, 1.82) is 0 Å². The molecule has 0 radical (unpaired) electrons. The maximum absolute atomic E-state index is 10.8. The van der Waals surface area contributed by atoms with Gasteiger partial charge in [-0.3, -0.25) is 9.13 Å². The fourth-order valence-corrected chi connectivity index (χ4v) is 18.3. The van der Waals surface area contributed by atoms with E-state index in [4.69, 9.17) is 29.4 Å². The summed E-state index contributed by atoms with van der Waals surface area (Å²) in [4.78, 5) is 50.3. The molecule has 15 heavy (non-hydrogen) atoms. The molecule has 0 amide bonds. The van der Waals surface area contributed by atoms with E-state index in [2.05, 4.69) is 0 Å². The van der Waals surface area contributed by atoms with Crippen LogP contribution in [0.5, 0.6) is 0 Å². The van der Waals surface area contributed by atoms with Crippen LogP contribution in [0.3, 0.4) is 0 Å². The van der Waals surface area contributed by atoms with Crippen molar-refractivity contribution >= 4 is 38.1 Å². The van der Waals surface area contributed by atoms with Crippen LogP contribution in [0.25, 0.3) is 0 Å². The van der Waals surface area contributed by atoms with Gasteiger partial charge in [0.05, 0.1) is 0 Å². The van der Waals surface area contributed by atoms with Crippen LogP contribution in [0.4, 0.5) is 0 Å². The zero-order valence-electron chi connectivity index (χ0n) is 6.51. The summed E-state index contributed by atoms with van der Waals surface area (Å²) < 4.78 is 42.2. The molecular formula is H6O10P4S. The third-order valence-corrected chi connectivity index (χ3v) is 19.4. The van der Waals surface area contributed by atoms with Crippen LogP contribution in [0.15, 0.2) is 0 Å². The zero-order valence-corrected chi connectivity index (χ0v) is 10.9. The van der Waals surface area contributed by atoms with Crippen LogP contribution in [-0.2, 0) is 18.3 Å². The van der Waals surface area contributed by atoms with Gasteiger partial charge in [0.25, 0.3) is 0 Å². The molecule has 0 rings (SSSR count). The number of rotatable bonds is 4. The second-order valence-electron chi connectivity index (χ2n) is 2.09. The fraction of sp³-hybridized carbons (Fsp3) is 0. The minimum atomic E-state index is -5.64. The maximum atomic E-state index is 10.8. The molecule has 0 spiro atoms. The molecule has 0 aromatic rings. The summed E-state index contributed by atoms with van der Waals surface area (Å²) >= 11 is -1.19. The molecule has 0 heterocycles. The van der Waals surface area contributed by atoms with E-state index in [1.54, 1.807) is 0 Å². The van der Waals surface area contributed by atoms with Crippen LogP contribution in [0, 0.1) is 0 Å². The summed E-state index contributed by atoms with van der Waals surface area (Å²) in [6.07, 6.45) is -11.0. The van der Waals surface area contributed by atoms with Gasteiger partial charge >= 0.3 is 27.1 Å². The molecule has 6 N–H and O–H groups in total. The summed E-state index contributed by atoms with van der Waals surface area (Å²) in [6, 6.07) is 0. The van der Waals surface area contributed by atoms with Crippen LogP contribution in [0.1, 0.15) is 0 Å². The van der Waals surface area contributed by atoms with Gasteiger partial charge in [0.2, 0.25) is 0 Å². The third kappa shape index (κ3) is 4.07. The molecule has 0 aromatic carbocycles. The molecule has 0 aliphatic heterocycles. The smallest absolute Gasteiger partial charge is 0.328 e. The molecule has 0 aliphatic rings. The Morgan fingerprint density at radius 1 is 0.600 bits per heavy atom. The van der Waals surface area contributed by atoms with Gasteiger partial charge in [-0.15, -0.1) is 0 Å². The van der Waals surface area contributed by atoms with Crippen molar-refractivity contribution in [3.63, 3.8) is 0 Å². The minimum Gasteiger partial charge on any atom is -0.328 e. The van der Waals surface area contributed by atoms with E-state index in [-0.39, 0.29) is 0 Å². The van der Waals surface area contributed by atoms with E-state index in [1.165, 1.54) is 0 Å². The van der Waals surface area contributed by atoms with Gasteiger partial charge in [-0.25, -0.2) is 9.13 Å². The maximum Gasteiger partial charge on any atom is 0.418 e. The average molecular weight is 322 g/mol. The summed E-state index contributed by atoms with van der Waals surface area (Å²) in [7, 11) is -11.3. The van der Waals surface area contributed by atoms with Crippen LogP contribution < -0.4 is 0 Å². The molecule has 0 saturated carbocycles. The molecule has 0 fully saturated rings. The molecule has 2 atom stereocenters. The second-order valence-corrected chi connectivity index (χ2v) is 19.2. The highest BCUT2D eigenvalue weighted by atomic mass is 33.2. The van der Waals surface area contributed by atoms with E-state index < -0.39 is 38.1 Å². The molecule has 0 aliphatic carbocycles. The number of hydrogen-bond donors (Lipinski definition) is 6. The van der Waals surface area contributed by atoms with E-state index in [0.717, 1.165) is 0 Å². The topological polar surface area (TPSA) is 190 Å². The van der Waals surface area contributed by atoms with E-state index in [1.807, 2.05) is 0 Å². The Balaban J connectivity index is 5.27. The summed E-state index contributed by atoms with van der Waals surface area (Å²) in [5.74, 6) is 0. The SMILES string of the molecule is O=P(O)(O)P(=O)(O)SP(=O)(O)P(=O)(O)O. The fourth-order valence-electron chi connectivity index (χ4n) is 0.234. The molecule has 15 heteroatoms. The van der Waals surface area contributed by atoms with Crippen molar-refractivity contribution in [3.8, 4) is 0 Å². The predicted molar refractivity (Wildman–Crippen MR) is 51.3 cm³/mol. The van der Waals surface area contributed by atoms with Gasteiger partial charge in [-0.05, 0) is 0 Å². The molecule has 0 aromatic heterocycles. The first-order chi connectivity index (χ1) is 6.21. The Labute approximate surface area is 86.2 Å². The van der Waals surface area contributed by atoms with Gasteiger partial charge < -0.3 is 29.4 Å². The molecule has 10 nitrogen and oxygen atoms in total. The highest BCUT2D eigenvalue weighted by Gasteiger charge is 2.53. The molecule has 0 saturated heterocycles.